The largest absolute Gasteiger partial charge is 0.478 e. The van der Waals surface area contributed by atoms with Crippen molar-refractivity contribution >= 4 is 35.3 Å². The van der Waals surface area contributed by atoms with E-state index in [2.05, 4.69) is 41.1 Å². The molecule has 0 amide bonds. The first-order valence-electron chi connectivity index (χ1n) is 16.9. The molecule has 0 fully saturated rings. The molecule has 0 bridgehead atoms. The number of carbonyl (C=O) groups is 2. The van der Waals surface area contributed by atoms with E-state index < -0.39 is 5.97 Å². The molecule has 0 radical (unpaired) electrons. The number of carboxylic acid groups (broad SMARTS) is 1. The quantitative estimate of drug-likeness (QED) is 0.0554. The number of anilines is 1. The second kappa shape index (κ2) is 24.1. The summed E-state index contributed by atoms with van der Waals surface area (Å²) in [7, 11) is 1.96. The van der Waals surface area contributed by atoms with Crippen LogP contribution in [-0.2, 0) is 16.1 Å². The zero-order chi connectivity index (χ0) is 36.7. The lowest BCUT2D eigenvalue weighted by Gasteiger charge is -2.36. The fourth-order valence-corrected chi connectivity index (χ4v) is 5.00. The first-order chi connectivity index (χ1) is 23.6. The Labute approximate surface area is 297 Å². The molecule has 268 valence electrons. The predicted molar refractivity (Wildman–Crippen MR) is 198 cm³/mol. The SMILES string of the molecule is CC.CC/C=C\C(Cl)=C(\F)CC.CCC(CCNCc1nc(/C2=C/C#CC/C=C\C2)oc1C)(COC=O)CN(C)c1ccc(C(=O)O)cc1. The molecule has 1 aromatic carbocycles. The number of hydrogen-bond donors (Lipinski definition) is 2. The van der Waals surface area contributed by atoms with Crippen molar-refractivity contribution < 1.29 is 28.2 Å². The highest BCUT2D eigenvalue weighted by atomic mass is 35.5. The number of nitrogens with zero attached hydrogens (tertiary/aromatic N) is 2. The van der Waals surface area contributed by atoms with Crippen LogP contribution >= 0.6 is 11.6 Å². The maximum absolute atomic E-state index is 12.5. The van der Waals surface area contributed by atoms with Crippen LogP contribution in [0.3, 0.4) is 0 Å². The third-order valence-electron chi connectivity index (χ3n) is 7.77. The summed E-state index contributed by atoms with van der Waals surface area (Å²) in [6, 6.07) is 6.77. The molecule has 8 nitrogen and oxygen atoms in total. The minimum atomic E-state index is -0.955. The molecule has 2 aromatic rings. The topological polar surface area (TPSA) is 105 Å². The van der Waals surface area contributed by atoms with Gasteiger partial charge in [0.25, 0.3) is 6.47 Å². The monoisotopic (exact) mass is 697 g/mol. The van der Waals surface area contributed by atoms with Crippen molar-refractivity contribution in [2.24, 2.45) is 5.41 Å². The number of hydrogen-bond acceptors (Lipinski definition) is 7. The number of halogens is 2. The molecule has 0 saturated carbocycles. The summed E-state index contributed by atoms with van der Waals surface area (Å²) in [5.41, 5.74) is 2.68. The van der Waals surface area contributed by atoms with E-state index in [1.165, 1.54) is 0 Å². The Bertz CT molecular complexity index is 1480. The van der Waals surface area contributed by atoms with E-state index in [1.54, 1.807) is 37.3 Å². The van der Waals surface area contributed by atoms with Crippen molar-refractivity contribution in [3.63, 3.8) is 0 Å². The highest BCUT2D eigenvalue weighted by molar-refractivity contribution is 6.31. The Morgan fingerprint density at radius 2 is 1.94 bits per heavy atom. The van der Waals surface area contributed by atoms with E-state index in [0.717, 1.165) is 54.8 Å². The number of aromatic carboxylic acids is 1. The fraction of sp³-hybridized carbons (Fsp3) is 0.462. The first kappa shape index (κ1) is 42.9. The zero-order valence-electron chi connectivity index (χ0n) is 30.1. The van der Waals surface area contributed by atoms with Crippen LogP contribution in [0.5, 0.6) is 0 Å². The third kappa shape index (κ3) is 15.3. The van der Waals surface area contributed by atoms with Crippen molar-refractivity contribution in [2.75, 3.05) is 31.6 Å². The molecular formula is C39H53ClFN3O5. The summed E-state index contributed by atoms with van der Waals surface area (Å²) < 4.78 is 23.7. The predicted octanol–water partition coefficient (Wildman–Crippen LogP) is 9.41. The molecule has 1 atom stereocenters. The number of nitrogens with one attached hydrogen (secondary N) is 1. The van der Waals surface area contributed by atoms with Crippen molar-refractivity contribution in [3.8, 4) is 11.8 Å². The van der Waals surface area contributed by atoms with Crippen LogP contribution in [0, 0.1) is 24.2 Å². The van der Waals surface area contributed by atoms with Gasteiger partial charge in [-0.2, -0.15) is 0 Å². The standard InChI is InChI=1S/C29H35N3O5.C8H12ClF.C2H6/c1-4-29(20-36-21-33,19-32(3)25-14-12-24(13-15-25)28(34)35)16-17-30-18-26-22(2)37-27(31-26)23-10-8-6-5-7-9-11-23;1-3-5-6-7(9)8(10)4-2;1-2/h6,8,11-15,21,30H,4-5,10,16-20H2,1-3H3,(H,34,35);5-6H,3-4H2,1-2H3;1-2H3/b8-6-,23-11+;6-5-,8-7-;. The molecule has 2 N–H and O–H groups in total. The molecule has 1 unspecified atom stereocenters. The van der Waals surface area contributed by atoms with Crippen LogP contribution in [0.1, 0.15) is 101 Å². The van der Waals surface area contributed by atoms with E-state index in [-0.39, 0.29) is 21.8 Å². The lowest BCUT2D eigenvalue weighted by molar-refractivity contribution is -0.132. The maximum Gasteiger partial charge on any atom is 0.335 e. The third-order valence-corrected chi connectivity index (χ3v) is 8.10. The number of aryl methyl sites for hydroxylation is 1. The van der Waals surface area contributed by atoms with Crippen LogP contribution in [0.4, 0.5) is 10.1 Å². The fourth-order valence-electron chi connectivity index (χ4n) is 4.78. The second-order valence-corrected chi connectivity index (χ2v) is 11.6. The maximum atomic E-state index is 12.5. The molecule has 3 rings (SSSR count). The van der Waals surface area contributed by atoms with Crippen molar-refractivity contribution in [3.05, 3.63) is 88.4 Å². The molecule has 0 saturated heterocycles. The number of allylic oxidation sites excluding steroid dienone is 8. The molecule has 1 aliphatic rings. The van der Waals surface area contributed by atoms with E-state index >= 15 is 0 Å². The zero-order valence-corrected chi connectivity index (χ0v) is 30.8. The van der Waals surface area contributed by atoms with Gasteiger partial charge in [0.05, 0.1) is 22.9 Å². The Morgan fingerprint density at radius 1 is 1.22 bits per heavy atom. The summed E-state index contributed by atoms with van der Waals surface area (Å²) >= 11 is 5.53. The van der Waals surface area contributed by atoms with Crippen LogP contribution in [0.25, 0.3) is 5.57 Å². The van der Waals surface area contributed by atoms with Crippen molar-refractivity contribution in [2.45, 2.75) is 86.6 Å². The number of aromatic nitrogens is 1. The van der Waals surface area contributed by atoms with Gasteiger partial charge >= 0.3 is 5.97 Å². The Balaban J connectivity index is 0.000000858. The van der Waals surface area contributed by atoms with Crippen molar-refractivity contribution in [1.29, 1.82) is 0 Å². The molecular weight excluding hydrogens is 645 g/mol. The van der Waals surface area contributed by atoms with Gasteiger partial charge in [-0.25, -0.2) is 14.2 Å². The minimum Gasteiger partial charge on any atom is -0.478 e. The number of benzene rings is 1. The average molecular weight is 698 g/mol. The highest BCUT2D eigenvalue weighted by Gasteiger charge is 2.31. The van der Waals surface area contributed by atoms with Gasteiger partial charge in [0.15, 0.2) is 0 Å². The number of carboxylic acids is 1. The minimum absolute atomic E-state index is 0.226. The number of ether oxygens (including phenoxy) is 1. The van der Waals surface area contributed by atoms with Crippen molar-refractivity contribution in [1.82, 2.24) is 10.3 Å². The van der Waals surface area contributed by atoms with Gasteiger partial charge < -0.3 is 24.5 Å². The molecule has 0 aliphatic heterocycles. The normalized spacial score (nSPS) is 15.6. The summed E-state index contributed by atoms with van der Waals surface area (Å²) in [6.07, 6.45) is 13.8. The van der Waals surface area contributed by atoms with E-state index in [4.69, 9.17) is 30.8 Å². The molecule has 0 spiro atoms. The van der Waals surface area contributed by atoms with Gasteiger partial charge in [0.1, 0.15) is 11.6 Å². The summed E-state index contributed by atoms with van der Waals surface area (Å²) in [4.78, 5) is 28.9. The summed E-state index contributed by atoms with van der Waals surface area (Å²) in [5, 5.41) is 12.8. The van der Waals surface area contributed by atoms with Crippen LogP contribution in [-0.4, -0.2) is 49.3 Å². The van der Waals surface area contributed by atoms with E-state index in [9.17, 15) is 14.0 Å². The number of rotatable bonds is 17. The highest BCUT2D eigenvalue weighted by Crippen LogP contribution is 2.30. The summed E-state index contributed by atoms with van der Waals surface area (Å²) in [5.74, 6) is 6.29. The van der Waals surface area contributed by atoms with Gasteiger partial charge in [-0.05, 0) is 82.0 Å². The Morgan fingerprint density at radius 3 is 2.55 bits per heavy atom. The van der Waals surface area contributed by atoms with Crippen LogP contribution in [0.2, 0.25) is 0 Å². The number of carbonyl (C=O) groups excluding carboxylic acids is 1. The van der Waals surface area contributed by atoms with Gasteiger partial charge in [0.2, 0.25) is 5.89 Å². The Kier molecular flexibility index (Phi) is 21.1. The first-order valence-corrected chi connectivity index (χ1v) is 17.3. The lowest BCUT2D eigenvalue weighted by atomic mass is 9.81. The Hall–Kier alpha value is -4.13. The molecule has 1 heterocycles. The van der Waals surface area contributed by atoms with Crippen LogP contribution < -0.4 is 10.2 Å². The molecule has 1 aliphatic carbocycles. The second-order valence-electron chi connectivity index (χ2n) is 11.2. The average Bonchev–Trinajstić information content (AvgIpc) is 3.47. The van der Waals surface area contributed by atoms with Gasteiger partial charge in [-0.3, -0.25) is 4.79 Å². The van der Waals surface area contributed by atoms with Gasteiger partial charge in [-0.15, -0.1) is 0 Å². The van der Waals surface area contributed by atoms with E-state index in [0.29, 0.717) is 45.0 Å². The summed E-state index contributed by atoms with van der Waals surface area (Å²) in [6.45, 7) is 14.4. The smallest absolute Gasteiger partial charge is 0.335 e. The molecule has 10 heteroatoms. The molecule has 49 heavy (non-hydrogen) atoms. The number of oxazole rings is 1. The lowest BCUT2D eigenvalue weighted by Crippen LogP contribution is -2.41. The van der Waals surface area contributed by atoms with Crippen LogP contribution in [0.15, 0.2) is 69.9 Å². The van der Waals surface area contributed by atoms with E-state index in [1.807, 2.05) is 46.9 Å². The van der Waals surface area contributed by atoms with Gasteiger partial charge in [0, 0.05) is 43.2 Å². The molecule has 1 aromatic heterocycles. The van der Waals surface area contributed by atoms with Gasteiger partial charge in [-0.1, -0.05) is 76.3 Å².